The molecule has 21 heavy (non-hydrogen) atoms. The van der Waals surface area contributed by atoms with Crippen LogP contribution in [0, 0.1) is 5.82 Å². The van der Waals surface area contributed by atoms with Crippen LogP contribution in [0.4, 0.5) is 10.1 Å². The van der Waals surface area contributed by atoms with Gasteiger partial charge in [-0.2, -0.15) is 0 Å². The molecule has 0 bridgehead atoms. The van der Waals surface area contributed by atoms with Crippen LogP contribution in [0.2, 0.25) is 0 Å². The Morgan fingerprint density at radius 3 is 3.00 bits per heavy atom. The maximum Gasteiger partial charge on any atom is 0.259 e. The van der Waals surface area contributed by atoms with Gasteiger partial charge in [-0.1, -0.05) is 12.1 Å². The smallest absolute Gasteiger partial charge is 0.259 e. The second-order valence-electron chi connectivity index (χ2n) is 4.99. The van der Waals surface area contributed by atoms with Crippen LogP contribution in [0.1, 0.15) is 21.5 Å². The highest BCUT2D eigenvalue weighted by Crippen LogP contribution is 2.25. The van der Waals surface area contributed by atoms with Crippen molar-refractivity contribution < 1.29 is 14.3 Å². The second kappa shape index (κ2) is 5.54. The number of fused-ring (bicyclic) bond motifs is 1. The van der Waals surface area contributed by atoms with Crippen LogP contribution >= 0.6 is 0 Å². The zero-order valence-corrected chi connectivity index (χ0v) is 11.3. The number of amides is 1. The van der Waals surface area contributed by atoms with Crippen molar-refractivity contribution in [2.45, 2.75) is 13.0 Å². The number of hydrogen-bond acceptors (Lipinski definition) is 3. The number of anilines is 1. The minimum absolute atomic E-state index is 0.0680. The van der Waals surface area contributed by atoms with Crippen molar-refractivity contribution in [2.24, 2.45) is 0 Å². The van der Waals surface area contributed by atoms with Crippen LogP contribution in [0.25, 0.3) is 0 Å². The van der Waals surface area contributed by atoms with Crippen LogP contribution in [0.5, 0.6) is 5.75 Å². The van der Waals surface area contributed by atoms with Gasteiger partial charge in [0.25, 0.3) is 5.91 Å². The standard InChI is InChI=1S/C16H15FN2O2/c17-11-4-5-15(20)13(8-11)16(21)19-14-3-1-2-10-9-18-7-6-12(10)14/h1-5,8,18,20H,6-7,9H2,(H,19,21). The third kappa shape index (κ3) is 2.73. The molecule has 0 saturated heterocycles. The predicted octanol–water partition coefficient (Wildman–Crippen LogP) is 2.43. The average molecular weight is 286 g/mol. The summed E-state index contributed by atoms with van der Waals surface area (Å²) >= 11 is 0. The Morgan fingerprint density at radius 1 is 1.29 bits per heavy atom. The number of nitrogens with one attached hydrogen (secondary N) is 2. The van der Waals surface area contributed by atoms with Gasteiger partial charge in [0.05, 0.1) is 5.56 Å². The van der Waals surface area contributed by atoms with Gasteiger partial charge < -0.3 is 15.7 Å². The van der Waals surface area contributed by atoms with Gasteiger partial charge in [-0.3, -0.25) is 4.79 Å². The topological polar surface area (TPSA) is 61.4 Å². The van der Waals surface area contributed by atoms with Crippen LogP contribution in [0.15, 0.2) is 36.4 Å². The lowest BCUT2D eigenvalue weighted by Crippen LogP contribution is -2.25. The molecule has 2 aromatic carbocycles. The summed E-state index contributed by atoms with van der Waals surface area (Å²) in [5.41, 5.74) is 2.87. The first-order valence-corrected chi connectivity index (χ1v) is 6.76. The first-order chi connectivity index (χ1) is 10.1. The van der Waals surface area contributed by atoms with E-state index in [4.69, 9.17) is 0 Å². The molecule has 3 rings (SSSR count). The molecule has 5 heteroatoms. The predicted molar refractivity (Wildman–Crippen MR) is 77.9 cm³/mol. The van der Waals surface area contributed by atoms with Crippen molar-refractivity contribution in [3.63, 3.8) is 0 Å². The van der Waals surface area contributed by atoms with E-state index in [9.17, 15) is 14.3 Å². The lowest BCUT2D eigenvalue weighted by Gasteiger charge is -2.20. The van der Waals surface area contributed by atoms with Crippen LogP contribution in [0.3, 0.4) is 0 Å². The molecule has 0 saturated carbocycles. The van der Waals surface area contributed by atoms with E-state index in [-0.39, 0.29) is 11.3 Å². The van der Waals surface area contributed by atoms with E-state index in [1.165, 1.54) is 6.07 Å². The lowest BCUT2D eigenvalue weighted by atomic mass is 9.99. The molecule has 0 fully saturated rings. The van der Waals surface area contributed by atoms with E-state index < -0.39 is 11.7 Å². The highest BCUT2D eigenvalue weighted by Gasteiger charge is 2.17. The molecule has 0 unspecified atom stereocenters. The highest BCUT2D eigenvalue weighted by atomic mass is 19.1. The van der Waals surface area contributed by atoms with Gasteiger partial charge in [-0.05, 0) is 48.4 Å². The third-order valence-corrected chi connectivity index (χ3v) is 3.59. The molecule has 108 valence electrons. The van der Waals surface area contributed by atoms with E-state index in [1.807, 2.05) is 18.2 Å². The summed E-state index contributed by atoms with van der Waals surface area (Å²) in [5.74, 6) is -1.31. The quantitative estimate of drug-likeness (QED) is 0.794. The summed E-state index contributed by atoms with van der Waals surface area (Å²) in [6.07, 6.45) is 0.820. The molecule has 0 radical (unpaired) electrons. The fourth-order valence-corrected chi connectivity index (χ4v) is 2.53. The maximum atomic E-state index is 13.2. The molecule has 0 atom stereocenters. The van der Waals surface area contributed by atoms with Crippen molar-refractivity contribution in [3.05, 3.63) is 58.9 Å². The number of phenolic OH excluding ortho intramolecular Hbond substituents is 1. The minimum Gasteiger partial charge on any atom is -0.507 e. The normalized spacial score (nSPS) is 13.6. The number of benzene rings is 2. The monoisotopic (exact) mass is 286 g/mol. The summed E-state index contributed by atoms with van der Waals surface area (Å²) in [6.45, 7) is 1.62. The van der Waals surface area contributed by atoms with E-state index in [1.54, 1.807) is 0 Å². The number of aromatic hydroxyl groups is 1. The fraction of sp³-hybridized carbons (Fsp3) is 0.188. The molecule has 1 aliphatic heterocycles. The number of hydrogen-bond donors (Lipinski definition) is 3. The number of phenols is 1. The first kappa shape index (κ1) is 13.6. The SMILES string of the molecule is O=C(Nc1cccc2c1CCNC2)c1cc(F)ccc1O. The van der Waals surface area contributed by atoms with Gasteiger partial charge in [0.15, 0.2) is 0 Å². The Kier molecular flexibility index (Phi) is 3.58. The van der Waals surface area contributed by atoms with E-state index >= 15 is 0 Å². The first-order valence-electron chi connectivity index (χ1n) is 6.76. The van der Waals surface area contributed by atoms with Gasteiger partial charge in [0.1, 0.15) is 11.6 Å². The Balaban J connectivity index is 1.90. The van der Waals surface area contributed by atoms with Gasteiger partial charge in [-0.25, -0.2) is 4.39 Å². The molecule has 0 aliphatic carbocycles. The maximum absolute atomic E-state index is 13.2. The molecule has 1 amide bonds. The Hall–Kier alpha value is -2.40. The van der Waals surface area contributed by atoms with Gasteiger partial charge in [-0.15, -0.1) is 0 Å². The summed E-state index contributed by atoms with van der Waals surface area (Å²) in [7, 11) is 0. The van der Waals surface area contributed by atoms with Crippen LogP contribution < -0.4 is 10.6 Å². The molecule has 1 heterocycles. The zero-order valence-electron chi connectivity index (χ0n) is 11.3. The number of rotatable bonds is 2. The van der Waals surface area contributed by atoms with E-state index in [2.05, 4.69) is 10.6 Å². The summed E-state index contributed by atoms with van der Waals surface area (Å²) in [4.78, 5) is 12.2. The minimum atomic E-state index is -0.558. The van der Waals surface area contributed by atoms with Crippen molar-refractivity contribution in [3.8, 4) is 5.75 Å². The summed E-state index contributed by atoms with van der Waals surface area (Å²) < 4.78 is 13.2. The molecule has 1 aliphatic rings. The van der Waals surface area contributed by atoms with Crippen molar-refractivity contribution >= 4 is 11.6 Å². The lowest BCUT2D eigenvalue weighted by molar-refractivity contribution is 0.102. The largest absolute Gasteiger partial charge is 0.507 e. The van der Waals surface area contributed by atoms with E-state index in [0.29, 0.717) is 5.69 Å². The number of carbonyl (C=O) groups is 1. The number of halogens is 1. The molecule has 3 N–H and O–H groups in total. The zero-order chi connectivity index (χ0) is 14.8. The van der Waals surface area contributed by atoms with Crippen LogP contribution in [-0.4, -0.2) is 17.6 Å². The third-order valence-electron chi connectivity index (χ3n) is 3.59. The molecule has 0 aromatic heterocycles. The van der Waals surface area contributed by atoms with Crippen molar-refractivity contribution in [1.82, 2.24) is 5.32 Å². The second-order valence-corrected chi connectivity index (χ2v) is 4.99. The van der Waals surface area contributed by atoms with E-state index in [0.717, 1.165) is 42.8 Å². The highest BCUT2D eigenvalue weighted by molar-refractivity contribution is 6.06. The van der Waals surface area contributed by atoms with Crippen molar-refractivity contribution in [1.29, 1.82) is 0 Å². The summed E-state index contributed by atoms with van der Waals surface area (Å²) in [6, 6.07) is 9.01. The van der Waals surface area contributed by atoms with Gasteiger partial charge in [0, 0.05) is 12.2 Å². The Morgan fingerprint density at radius 2 is 2.14 bits per heavy atom. The molecular weight excluding hydrogens is 271 g/mol. The molecule has 0 spiro atoms. The fourth-order valence-electron chi connectivity index (χ4n) is 2.53. The van der Waals surface area contributed by atoms with Crippen LogP contribution in [-0.2, 0) is 13.0 Å². The summed E-state index contributed by atoms with van der Waals surface area (Å²) in [5, 5.41) is 15.7. The molecular formula is C16H15FN2O2. The van der Waals surface area contributed by atoms with Gasteiger partial charge >= 0.3 is 0 Å². The Labute approximate surface area is 121 Å². The average Bonchev–Trinajstić information content (AvgIpc) is 2.50. The van der Waals surface area contributed by atoms with Crippen molar-refractivity contribution in [2.75, 3.05) is 11.9 Å². The molecule has 2 aromatic rings. The van der Waals surface area contributed by atoms with Gasteiger partial charge in [0.2, 0.25) is 0 Å². The molecule has 4 nitrogen and oxygen atoms in total. The Bertz CT molecular complexity index is 701. The number of carbonyl (C=O) groups excluding carboxylic acids is 1.